The number of carbonyl (C=O) groups excluding carboxylic acids is 3. The van der Waals surface area contributed by atoms with Gasteiger partial charge in [-0.25, -0.2) is 0 Å². The number of hydrogen-bond donors (Lipinski definition) is 1. The summed E-state index contributed by atoms with van der Waals surface area (Å²) in [4.78, 5) is 41.7. The molecule has 0 radical (unpaired) electrons. The van der Waals surface area contributed by atoms with Gasteiger partial charge in [-0.2, -0.15) is 0 Å². The number of piperidine rings is 1. The lowest BCUT2D eigenvalue weighted by atomic mass is 9.95. The number of likely N-dealkylation sites (tertiary alicyclic amines) is 2. The summed E-state index contributed by atoms with van der Waals surface area (Å²) in [7, 11) is 0. The molecule has 0 atom stereocenters. The van der Waals surface area contributed by atoms with Gasteiger partial charge in [-0.1, -0.05) is 18.9 Å². The van der Waals surface area contributed by atoms with E-state index in [0.717, 1.165) is 38.8 Å². The van der Waals surface area contributed by atoms with Gasteiger partial charge in [-0.3, -0.25) is 14.4 Å². The minimum Gasteiger partial charge on any atom is -0.351 e. The van der Waals surface area contributed by atoms with Crippen LogP contribution in [0, 0.1) is 5.92 Å². The van der Waals surface area contributed by atoms with Crippen LogP contribution >= 0.6 is 11.3 Å². The molecule has 3 rings (SSSR count). The Bertz CT molecular complexity index is 646. The van der Waals surface area contributed by atoms with Gasteiger partial charge in [-0.05, 0) is 43.6 Å². The van der Waals surface area contributed by atoms with Crippen LogP contribution in [-0.4, -0.2) is 60.2 Å². The van der Waals surface area contributed by atoms with Gasteiger partial charge in [0, 0.05) is 45.1 Å². The van der Waals surface area contributed by atoms with E-state index in [2.05, 4.69) is 5.32 Å². The molecule has 2 saturated heterocycles. The maximum Gasteiger partial charge on any atom is 0.261 e. The van der Waals surface area contributed by atoms with Gasteiger partial charge in [-0.15, -0.1) is 11.3 Å². The smallest absolute Gasteiger partial charge is 0.261 e. The molecule has 6 nitrogen and oxygen atoms in total. The zero-order valence-corrected chi connectivity index (χ0v) is 17.3. The maximum atomic E-state index is 12.7. The molecule has 154 valence electrons. The van der Waals surface area contributed by atoms with Crippen LogP contribution in [0.5, 0.6) is 0 Å². The van der Waals surface area contributed by atoms with Gasteiger partial charge in [0.25, 0.3) is 5.91 Å². The normalized spacial score (nSPS) is 18.6. The van der Waals surface area contributed by atoms with Gasteiger partial charge in [0.1, 0.15) is 0 Å². The van der Waals surface area contributed by atoms with Crippen molar-refractivity contribution in [3.05, 3.63) is 22.4 Å². The second-order valence-electron chi connectivity index (χ2n) is 7.73. The van der Waals surface area contributed by atoms with Crippen molar-refractivity contribution in [2.75, 3.05) is 32.7 Å². The molecule has 2 aliphatic heterocycles. The van der Waals surface area contributed by atoms with Crippen molar-refractivity contribution in [1.29, 1.82) is 0 Å². The fraction of sp³-hybridized carbons (Fsp3) is 0.667. The Morgan fingerprint density at radius 1 is 1.00 bits per heavy atom. The summed E-state index contributed by atoms with van der Waals surface area (Å²) in [6, 6.07) is 3.65. The van der Waals surface area contributed by atoms with Crippen LogP contribution in [0.25, 0.3) is 0 Å². The van der Waals surface area contributed by atoms with E-state index in [1.54, 1.807) is 6.07 Å². The summed E-state index contributed by atoms with van der Waals surface area (Å²) in [6.07, 6.45) is 7.32. The van der Waals surface area contributed by atoms with Crippen LogP contribution in [-0.2, 0) is 9.59 Å². The number of rotatable bonds is 6. The fourth-order valence-electron chi connectivity index (χ4n) is 4.02. The number of carbonyl (C=O) groups is 3. The molecule has 3 amide bonds. The Hall–Kier alpha value is -1.89. The first-order valence-electron chi connectivity index (χ1n) is 10.5. The largest absolute Gasteiger partial charge is 0.351 e. The monoisotopic (exact) mass is 405 g/mol. The minimum atomic E-state index is -0.0738. The Morgan fingerprint density at radius 3 is 2.36 bits per heavy atom. The van der Waals surface area contributed by atoms with Crippen molar-refractivity contribution in [1.82, 2.24) is 15.1 Å². The molecule has 0 saturated carbocycles. The average Bonchev–Trinajstić information content (AvgIpc) is 3.13. The molecule has 2 fully saturated rings. The summed E-state index contributed by atoms with van der Waals surface area (Å²) < 4.78 is 0. The average molecular weight is 406 g/mol. The third kappa shape index (κ3) is 5.80. The highest BCUT2D eigenvalue weighted by atomic mass is 32.1. The summed E-state index contributed by atoms with van der Waals surface area (Å²) in [5.74, 6) is 0.429. The molecule has 1 aromatic heterocycles. The molecule has 0 bridgehead atoms. The molecule has 1 N–H and O–H groups in total. The van der Waals surface area contributed by atoms with Gasteiger partial charge in [0.2, 0.25) is 11.8 Å². The van der Waals surface area contributed by atoms with E-state index in [1.807, 2.05) is 21.2 Å². The van der Waals surface area contributed by atoms with Gasteiger partial charge < -0.3 is 15.1 Å². The molecule has 0 unspecified atom stereocenters. The second-order valence-corrected chi connectivity index (χ2v) is 8.68. The predicted molar refractivity (Wildman–Crippen MR) is 110 cm³/mol. The van der Waals surface area contributed by atoms with Crippen LogP contribution in [0.15, 0.2) is 17.5 Å². The van der Waals surface area contributed by atoms with Crippen LogP contribution < -0.4 is 5.32 Å². The van der Waals surface area contributed by atoms with Crippen LogP contribution in [0.4, 0.5) is 0 Å². The Morgan fingerprint density at radius 2 is 1.71 bits per heavy atom. The Labute approximate surface area is 171 Å². The van der Waals surface area contributed by atoms with Crippen molar-refractivity contribution in [3.63, 3.8) is 0 Å². The number of nitrogens with one attached hydrogen (secondary N) is 1. The van der Waals surface area contributed by atoms with E-state index in [-0.39, 0.29) is 17.7 Å². The highest BCUT2D eigenvalue weighted by Crippen LogP contribution is 2.22. The van der Waals surface area contributed by atoms with E-state index in [0.29, 0.717) is 43.3 Å². The third-order valence-corrected chi connectivity index (χ3v) is 6.58. The van der Waals surface area contributed by atoms with Crippen molar-refractivity contribution >= 4 is 29.1 Å². The maximum absolute atomic E-state index is 12.7. The zero-order valence-electron chi connectivity index (χ0n) is 16.5. The Balaban J connectivity index is 1.33. The predicted octanol–water partition coefficient (Wildman–Crippen LogP) is 2.90. The topological polar surface area (TPSA) is 69.7 Å². The number of thiophene rings is 1. The van der Waals surface area contributed by atoms with E-state index in [9.17, 15) is 14.4 Å². The first-order chi connectivity index (χ1) is 13.6. The van der Waals surface area contributed by atoms with E-state index in [4.69, 9.17) is 0 Å². The van der Waals surface area contributed by atoms with E-state index < -0.39 is 0 Å². The summed E-state index contributed by atoms with van der Waals surface area (Å²) in [6.45, 7) is 3.64. The molecule has 0 spiro atoms. The molecule has 1 aromatic rings. The molecule has 28 heavy (non-hydrogen) atoms. The van der Waals surface area contributed by atoms with Gasteiger partial charge in [0.15, 0.2) is 0 Å². The van der Waals surface area contributed by atoms with Crippen molar-refractivity contribution in [2.45, 2.75) is 51.4 Å². The number of nitrogens with zero attached hydrogens (tertiary/aromatic N) is 2. The quantitative estimate of drug-likeness (QED) is 0.740. The molecular formula is C21H31N3O3S. The molecule has 7 heteroatoms. The first kappa shape index (κ1) is 20.8. The molecular weight excluding hydrogens is 374 g/mol. The standard InChI is InChI=1S/C21H31N3O3S/c25-19(8-5-11-22-20(26)18-7-6-16-28-18)23-14-9-17(10-15-23)21(27)24-12-3-1-2-4-13-24/h6-7,16-17H,1-5,8-15H2,(H,22,26). The van der Waals surface area contributed by atoms with E-state index in [1.165, 1.54) is 24.2 Å². The highest BCUT2D eigenvalue weighted by Gasteiger charge is 2.30. The third-order valence-electron chi connectivity index (χ3n) is 5.71. The van der Waals surface area contributed by atoms with Crippen molar-refractivity contribution in [3.8, 4) is 0 Å². The lowest BCUT2D eigenvalue weighted by molar-refractivity contribution is -0.140. The first-order valence-corrected chi connectivity index (χ1v) is 11.4. The van der Waals surface area contributed by atoms with Crippen molar-refractivity contribution < 1.29 is 14.4 Å². The SMILES string of the molecule is O=C(NCCCC(=O)N1CCC(C(=O)N2CCCCCC2)CC1)c1cccs1. The molecule has 0 aromatic carbocycles. The second kappa shape index (κ2) is 10.6. The minimum absolute atomic E-state index is 0.0738. The lowest BCUT2D eigenvalue weighted by Crippen LogP contribution is -2.44. The van der Waals surface area contributed by atoms with Gasteiger partial charge in [0.05, 0.1) is 4.88 Å². The number of hydrogen-bond acceptors (Lipinski definition) is 4. The van der Waals surface area contributed by atoms with Crippen LogP contribution in [0.2, 0.25) is 0 Å². The van der Waals surface area contributed by atoms with Crippen molar-refractivity contribution in [2.24, 2.45) is 5.92 Å². The Kier molecular flexibility index (Phi) is 7.89. The summed E-state index contributed by atoms with van der Waals surface area (Å²) in [5.41, 5.74) is 0. The van der Waals surface area contributed by atoms with Crippen LogP contribution in [0.3, 0.4) is 0 Å². The number of amides is 3. The zero-order chi connectivity index (χ0) is 19.8. The fourth-order valence-corrected chi connectivity index (χ4v) is 4.66. The summed E-state index contributed by atoms with van der Waals surface area (Å²) >= 11 is 1.41. The van der Waals surface area contributed by atoms with Gasteiger partial charge >= 0.3 is 0 Å². The lowest BCUT2D eigenvalue weighted by Gasteiger charge is -2.34. The summed E-state index contributed by atoms with van der Waals surface area (Å²) in [5, 5.41) is 4.73. The molecule has 0 aliphatic carbocycles. The molecule has 3 heterocycles. The van der Waals surface area contributed by atoms with E-state index >= 15 is 0 Å². The van der Waals surface area contributed by atoms with Crippen LogP contribution in [0.1, 0.15) is 61.0 Å². The highest BCUT2D eigenvalue weighted by molar-refractivity contribution is 7.12. The molecule has 2 aliphatic rings.